The number of carbonyl (C=O) groups is 1. The molecule has 4 N–H and O–H groups in total. The Bertz CT molecular complexity index is 399. The third kappa shape index (κ3) is 4.40. The van der Waals surface area contributed by atoms with Crippen molar-refractivity contribution in [3.8, 4) is 0 Å². The molecule has 8 heteroatoms. The molecule has 134 valence electrons. The van der Waals surface area contributed by atoms with Crippen molar-refractivity contribution in [1.29, 1.82) is 0 Å². The molecule has 0 aromatic rings. The lowest BCUT2D eigenvalue weighted by atomic mass is 9.98. The van der Waals surface area contributed by atoms with Gasteiger partial charge in [-0.3, -0.25) is 9.69 Å². The number of rotatable bonds is 4. The van der Waals surface area contributed by atoms with E-state index >= 15 is 0 Å². The summed E-state index contributed by atoms with van der Waals surface area (Å²) in [6.07, 6.45) is -6.73. The van der Waals surface area contributed by atoms with Gasteiger partial charge in [0.2, 0.25) is 0 Å². The number of carbonyl (C=O) groups excluding carboxylic acids is 1. The van der Waals surface area contributed by atoms with Crippen LogP contribution in [0.25, 0.3) is 0 Å². The van der Waals surface area contributed by atoms with E-state index in [1.807, 2.05) is 0 Å². The normalized spacial score (nSPS) is 36.5. The molecule has 0 bridgehead atoms. The lowest BCUT2D eigenvalue weighted by Crippen LogP contribution is -2.63. The van der Waals surface area contributed by atoms with Crippen LogP contribution in [0.5, 0.6) is 0 Å². The Kier molecular flexibility index (Phi) is 6.35. The Hall–Kier alpha value is -0.770. The molecule has 2 fully saturated rings. The van der Waals surface area contributed by atoms with Crippen LogP contribution in [-0.2, 0) is 9.53 Å². The highest BCUT2D eigenvalue weighted by Crippen LogP contribution is 2.22. The van der Waals surface area contributed by atoms with E-state index in [-0.39, 0.29) is 0 Å². The van der Waals surface area contributed by atoms with E-state index in [1.165, 1.54) is 0 Å². The second kappa shape index (κ2) is 7.87. The zero-order valence-corrected chi connectivity index (χ0v) is 13.7. The molecule has 2 aliphatic heterocycles. The van der Waals surface area contributed by atoms with Crippen molar-refractivity contribution in [2.75, 3.05) is 32.7 Å². The summed E-state index contributed by atoms with van der Waals surface area (Å²) in [6, 6.07) is 0. The summed E-state index contributed by atoms with van der Waals surface area (Å²) in [5, 5.41) is 38.6. The summed E-state index contributed by atoms with van der Waals surface area (Å²) >= 11 is 0. The van der Waals surface area contributed by atoms with Gasteiger partial charge in [-0.25, -0.2) is 0 Å². The van der Waals surface area contributed by atoms with Crippen LogP contribution in [0.15, 0.2) is 0 Å². The molecule has 1 amide bonds. The topological polar surface area (TPSA) is 114 Å². The molecular weight excluding hydrogens is 304 g/mol. The first-order valence-electron chi connectivity index (χ1n) is 8.20. The first kappa shape index (κ1) is 18.6. The summed E-state index contributed by atoms with van der Waals surface area (Å²) < 4.78 is 4.99. The van der Waals surface area contributed by atoms with Crippen LogP contribution in [0, 0.1) is 5.92 Å². The Morgan fingerprint density at radius 1 is 1.04 bits per heavy atom. The van der Waals surface area contributed by atoms with Gasteiger partial charge in [0, 0.05) is 26.2 Å². The lowest BCUT2D eigenvalue weighted by Gasteiger charge is -2.41. The fourth-order valence-corrected chi connectivity index (χ4v) is 2.88. The van der Waals surface area contributed by atoms with Crippen molar-refractivity contribution in [3.05, 3.63) is 0 Å². The number of piperazine rings is 1. The Morgan fingerprint density at radius 3 is 2.22 bits per heavy atom. The van der Waals surface area contributed by atoms with Crippen LogP contribution in [0.3, 0.4) is 0 Å². The quantitative estimate of drug-likeness (QED) is 0.470. The average molecular weight is 332 g/mol. The maximum atomic E-state index is 12.5. The molecule has 5 atom stereocenters. The van der Waals surface area contributed by atoms with Crippen molar-refractivity contribution in [1.82, 2.24) is 9.80 Å². The molecule has 2 aliphatic rings. The molecule has 0 saturated carbocycles. The average Bonchev–Trinajstić information content (AvgIpc) is 2.54. The largest absolute Gasteiger partial charge is 0.387 e. The van der Waals surface area contributed by atoms with E-state index in [9.17, 15) is 25.2 Å². The van der Waals surface area contributed by atoms with Crippen LogP contribution in [0.2, 0.25) is 0 Å². The number of aliphatic hydroxyl groups excluding tert-OH is 4. The van der Waals surface area contributed by atoms with Gasteiger partial charge in [0.05, 0.1) is 0 Å². The Labute approximate surface area is 136 Å². The number of amides is 1. The standard InChI is InChI=1S/C15H28N2O6/c1-9(2)3-4-16-5-7-17(8-6-16)14(21)13-11(19)10(18)12(20)15(22)23-13/h9-13,15,18-20,22H,3-8H2,1-2H3/t10-,11-,12+,13-,15+/m0/s1. The van der Waals surface area contributed by atoms with E-state index < -0.39 is 36.6 Å². The molecule has 0 aliphatic carbocycles. The molecule has 8 nitrogen and oxygen atoms in total. The zero-order valence-electron chi connectivity index (χ0n) is 13.7. The minimum absolute atomic E-state index is 0.467. The SMILES string of the molecule is CC(C)CCN1CCN(C(=O)[C@H]2O[C@@H](O)[C@H](O)[C@@H](O)[C@@H]2O)CC1. The number of hydrogen-bond acceptors (Lipinski definition) is 7. The smallest absolute Gasteiger partial charge is 0.254 e. The monoisotopic (exact) mass is 332 g/mol. The Morgan fingerprint density at radius 2 is 1.65 bits per heavy atom. The molecule has 0 radical (unpaired) electrons. The third-order valence-corrected chi connectivity index (χ3v) is 4.54. The molecule has 0 aromatic heterocycles. The Balaban J connectivity index is 1.87. The third-order valence-electron chi connectivity index (χ3n) is 4.54. The number of aliphatic hydroxyl groups is 4. The van der Waals surface area contributed by atoms with Gasteiger partial charge >= 0.3 is 0 Å². The van der Waals surface area contributed by atoms with Crippen LogP contribution < -0.4 is 0 Å². The minimum Gasteiger partial charge on any atom is -0.387 e. The van der Waals surface area contributed by atoms with E-state index in [1.54, 1.807) is 4.90 Å². The van der Waals surface area contributed by atoms with E-state index in [4.69, 9.17) is 4.74 Å². The van der Waals surface area contributed by atoms with Gasteiger partial charge in [-0.15, -0.1) is 0 Å². The summed E-state index contributed by atoms with van der Waals surface area (Å²) in [5.41, 5.74) is 0. The van der Waals surface area contributed by atoms with Gasteiger partial charge in [-0.2, -0.15) is 0 Å². The maximum Gasteiger partial charge on any atom is 0.254 e. The molecule has 2 rings (SSSR count). The van der Waals surface area contributed by atoms with Gasteiger partial charge in [0.15, 0.2) is 12.4 Å². The highest BCUT2D eigenvalue weighted by Gasteiger charge is 2.47. The van der Waals surface area contributed by atoms with Crippen molar-refractivity contribution in [3.63, 3.8) is 0 Å². The van der Waals surface area contributed by atoms with E-state index in [0.29, 0.717) is 19.0 Å². The van der Waals surface area contributed by atoms with Crippen molar-refractivity contribution >= 4 is 5.91 Å². The fourth-order valence-electron chi connectivity index (χ4n) is 2.88. The molecular formula is C15H28N2O6. The molecule has 2 heterocycles. The summed E-state index contributed by atoms with van der Waals surface area (Å²) in [6.45, 7) is 7.85. The van der Waals surface area contributed by atoms with Crippen LogP contribution >= 0.6 is 0 Å². The van der Waals surface area contributed by atoms with Crippen molar-refractivity contribution in [2.45, 2.75) is 51.0 Å². The lowest BCUT2D eigenvalue weighted by molar-refractivity contribution is -0.278. The van der Waals surface area contributed by atoms with Crippen LogP contribution in [0.1, 0.15) is 20.3 Å². The van der Waals surface area contributed by atoms with Gasteiger partial charge in [-0.1, -0.05) is 13.8 Å². The first-order valence-corrected chi connectivity index (χ1v) is 8.20. The number of ether oxygens (including phenoxy) is 1. The van der Waals surface area contributed by atoms with E-state index in [2.05, 4.69) is 18.7 Å². The van der Waals surface area contributed by atoms with Gasteiger partial charge in [0.1, 0.15) is 18.3 Å². The van der Waals surface area contributed by atoms with Crippen LogP contribution in [-0.4, -0.2) is 99.6 Å². The molecule has 0 aromatic carbocycles. The minimum atomic E-state index is -1.69. The molecule has 23 heavy (non-hydrogen) atoms. The maximum absolute atomic E-state index is 12.5. The molecule has 0 spiro atoms. The molecule has 0 unspecified atom stereocenters. The summed E-state index contributed by atoms with van der Waals surface area (Å²) in [7, 11) is 0. The number of nitrogens with zero attached hydrogens (tertiary/aromatic N) is 2. The molecule has 2 saturated heterocycles. The summed E-state index contributed by atoms with van der Waals surface area (Å²) in [4.78, 5) is 16.3. The highest BCUT2D eigenvalue weighted by molar-refractivity contribution is 5.82. The second-order valence-electron chi connectivity index (χ2n) is 6.77. The number of hydrogen-bond donors (Lipinski definition) is 4. The second-order valence-corrected chi connectivity index (χ2v) is 6.77. The zero-order chi connectivity index (χ0) is 17.1. The van der Waals surface area contributed by atoms with Gasteiger partial charge < -0.3 is 30.1 Å². The van der Waals surface area contributed by atoms with Crippen LogP contribution in [0.4, 0.5) is 0 Å². The van der Waals surface area contributed by atoms with E-state index in [0.717, 1.165) is 26.1 Å². The van der Waals surface area contributed by atoms with Gasteiger partial charge in [0.25, 0.3) is 5.91 Å². The predicted molar refractivity (Wildman–Crippen MR) is 81.4 cm³/mol. The van der Waals surface area contributed by atoms with Crippen molar-refractivity contribution in [2.24, 2.45) is 5.92 Å². The fraction of sp³-hybridized carbons (Fsp3) is 0.933. The summed E-state index contributed by atoms with van der Waals surface area (Å²) in [5.74, 6) is 0.167. The highest BCUT2D eigenvalue weighted by atomic mass is 16.6. The van der Waals surface area contributed by atoms with Gasteiger partial charge in [-0.05, 0) is 18.9 Å². The van der Waals surface area contributed by atoms with Crippen molar-refractivity contribution < 1.29 is 30.0 Å². The predicted octanol–water partition coefficient (Wildman–Crippen LogP) is -2.02. The first-order chi connectivity index (χ1) is 10.8.